The maximum atomic E-state index is 10.8. The summed E-state index contributed by atoms with van der Waals surface area (Å²) in [5.74, 6) is 0.0850. The van der Waals surface area contributed by atoms with Crippen molar-refractivity contribution >= 4 is 5.91 Å². The Morgan fingerprint density at radius 3 is 3.10 bits per heavy atom. The molecular weight excluding hydrogens is 130 g/mol. The summed E-state index contributed by atoms with van der Waals surface area (Å²) >= 11 is 0. The van der Waals surface area contributed by atoms with E-state index in [4.69, 9.17) is 4.74 Å². The first-order valence-corrected chi connectivity index (χ1v) is 3.31. The Hall–Kier alpha value is -0.830. The Morgan fingerprint density at radius 2 is 2.60 bits per heavy atom. The van der Waals surface area contributed by atoms with Crippen LogP contribution >= 0.6 is 0 Å². The van der Waals surface area contributed by atoms with E-state index in [0.717, 1.165) is 13.0 Å². The lowest BCUT2D eigenvalue weighted by Crippen LogP contribution is -2.26. The lowest BCUT2D eigenvalue weighted by Gasteiger charge is -2.10. The zero-order valence-corrected chi connectivity index (χ0v) is 5.88. The second-order valence-corrected chi connectivity index (χ2v) is 2.21. The van der Waals surface area contributed by atoms with Gasteiger partial charge in [0.1, 0.15) is 13.3 Å². The van der Waals surface area contributed by atoms with Crippen molar-refractivity contribution in [3.05, 3.63) is 12.7 Å². The maximum Gasteiger partial charge on any atom is 0.250 e. The van der Waals surface area contributed by atoms with Crippen molar-refractivity contribution < 1.29 is 9.53 Å². The first-order valence-electron chi connectivity index (χ1n) is 3.31. The molecule has 0 unspecified atom stereocenters. The SMILES string of the molecule is C=CCCN1COCC1=O. The largest absolute Gasteiger partial charge is 0.351 e. The van der Waals surface area contributed by atoms with Crippen LogP contribution in [0.4, 0.5) is 0 Å². The number of nitrogens with zero attached hydrogens (tertiary/aromatic N) is 1. The van der Waals surface area contributed by atoms with Crippen molar-refractivity contribution in [2.24, 2.45) is 0 Å². The summed E-state index contributed by atoms with van der Waals surface area (Å²) in [6.45, 7) is 5.00. The Bertz CT molecular complexity index is 145. The minimum Gasteiger partial charge on any atom is -0.351 e. The van der Waals surface area contributed by atoms with Crippen LogP contribution in [0.3, 0.4) is 0 Å². The monoisotopic (exact) mass is 141 g/mol. The molecular formula is C7H11NO2. The third-order valence-corrected chi connectivity index (χ3v) is 1.43. The third-order valence-electron chi connectivity index (χ3n) is 1.43. The van der Waals surface area contributed by atoms with Crippen LogP contribution < -0.4 is 0 Å². The molecule has 1 rings (SSSR count). The molecule has 1 saturated heterocycles. The molecule has 0 atom stereocenters. The van der Waals surface area contributed by atoms with E-state index in [2.05, 4.69) is 6.58 Å². The van der Waals surface area contributed by atoms with Crippen molar-refractivity contribution in [2.75, 3.05) is 19.9 Å². The molecule has 0 aromatic rings. The summed E-state index contributed by atoms with van der Waals surface area (Å²) in [4.78, 5) is 12.5. The topological polar surface area (TPSA) is 29.5 Å². The summed E-state index contributed by atoms with van der Waals surface area (Å²) in [5, 5.41) is 0. The number of rotatable bonds is 3. The van der Waals surface area contributed by atoms with Crippen molar-refractivity contribution in [3.63, 3.8) is 0 Å². The lowest BCUT2D eigenvalue weighted by atomic mass is 10.4. The van der Waals surface area contributed by atoms with Gasteiger partial charge in [0.25, 0.3) is 0 Å². The highest BCUT2D eigenvalue weighted by Crippen LogP contribution is 2.01. The van der Waals surface area contributed by atoms with E-state index in [-0.39, 0.29) is 12.5 Å². The minimum absolute atomic E-state index is 0.0850. The van der Waals surface area contributed by atoms with Crippen LogP contribution in [-0.2, 0) is 9.53 Å². The average Bonchev–Trinajstić information content (AvgIpc) is 2.31. The van der Waals surface area contributed by atoms with Gasteiger partial charge >= 0.3 is 0 Å². The van der Waals surface area contributed by atoms with Crippen LogP contribution in [0, 0.1) is 0 Å². The standard InChI is InChI=1S/C7H11NO2/c1-2-3-4-8-6-10-5-7(8)9/h2H,1,3-6H2. The molecule has 56 valence electrons. The summed E-state index contributed by atoms with van der Waals surface area (Å²) in [7, 11) is 0. The fraction of sp³-hybridized carbons (Fsp3) is 0.571. The average molecular weight is 141 g/mol. The lowest BCUT2D eigenvalue weighted by molar-refractivity contribution is -0.126. The van der Waals surface area contributed by atoms with Crippen molar-refractivity contribution in [1.82, 2.24) is 4.90 Å². The maximum absolute atomic E-state index is 10.8. The van der Waals surface area contributed by atoms with E-state index in [0.29, 0.717) is 6.73 Å². The molecule has 1 amide bonds. The van der Waals surface area contributed by atoms with Crippen LogP contribution in [0.1, 0.15) is 6.42 Å². The smallest absolute Gasteiger partial charge is 0.250 e. The third kappa shape index (κ3) is 1.57. The Balaban J connectivity index is 2.26. The summed E-state index contributed by atoms with van der Waals surface area (Å²) < 4.78 is 4.91. The predicted octanol–water partition coefficient (Wildman–Crippen LogP) is 0.379. The van der Waals surface area contributed by atoms with Crippen molar-refractivity contribution in [1.29, 1.82) is 0 Å². The molecule has 10 heavy (non-hydrogen) atoms. The molecule has 0 saturated carbocycles. The summed E-state index contributed by atoms with van der Waals surface area (Å²) in [5.41, 5.74) is 0. The highest BCUT2D eigenvalue weighted by Gasteiger charge is 2.18. The van der Waals surface area contributed by atoms with E-state index in [1.165, 1.54) is 0 Å². The van der Waals surface area contributed by atoms with Gasteiger partial charge < -0.3 is 9.64 Å². The van der Waals surface area contributed by atoms with Crippen molar-refractivity contribution in [3.8, 4) is 0 Å². The van der Waals surface area contributed by atoms with Crippen LogP contribution in [-0.4, -0.2) is 30.7 Å². The fourth-order valence-electron chi connectivity index (χ4n) is 0.843. The molecule has 0 aliphatic carbocycles. The zero-order valence-electron chi connectivity index (χ0n) is 5.88. The Labute approximate surface area is 60.3 Å². The zero-order chi connectivity index (χ0) is 7.40. The van der Waals surface area contributed by atoms with E-state index in [1.54, 1.807) is 11.0 Å². The van der Waals surface area contributed by atoms with Gasteiger partial charge in [0.15, 0.2) is 0 Å². The van der Waals surface area contributed by atoms with Crippen LogP contribution in [0.15, 0.2) is 12.7 Å². The van der Waals surface area contributed by atoms with Gasteiger partial charge in [-0.1, -0.05) is 6.08 Å². The molecule has 1 aliphatic rings. The molecule has 0 aromatic heterocycles. The summed E-state index contributed by atoms with van der Waals surface area (Å²) in [6, 6.07) is 0. The molecule has 1 aliphatic heterocycles. The van der Waals surface area contributed by atoms with Crippen LogP contribution in [0.2, 0.25) is 0 Å². The van der Waals surface area contributed by atoms with Gasteiger partial charge in [-0.15, -0.1) is 6.58 Å². The molecule has 0 spiro atoms. The molecule has 1 heterocycles. The predicted molar refractivity (Wildman–Crippen MR) is 37.3 cm³/mol. The van der Waals surface area contributed by atoms with E-state index in [1.807, 2.05) is 0 Å². The highest BCUT2D eigenvalue weighted by molar-refractivity contribution is 5.78. The number of carbonyl (C=O) groups is 1. The summed E-state index contributed by atoms with van der Waals surface area (Å²) in [6.07, 6.45) is 2.64. The van der Waals surface area contributed by atoms with Gasteiger partial charge in [-0.25, -0.2) is 0 Å². The molecule has 0 radical (unpaired) electrons. The van der Waals surface area contributed by atoms with Gasteiger partial charge in [0.2, 0.25) is 5.91 Å². The Morgan fingerprint density at radius 1 is 1.80 bits per heavy atom. The number of amides is 1. The molecule has 1 fully saturated rings. The first-order chi connectivity index (χ1) is 4.84. The fourth-order valence-corrected chi connectivity index (χ4v) is 0.843. The van der Waals surface area contributed by atoms with E-state index >= 15 is 0 Å². The molecule has 0 aromatic carbocycles. The van der Waals surface area contributed by atoms with Gasteiger partial charge in [0.05, 0.1) is 0 Å². The van der Waals surface area contributed by atoms with E-state index in [9.17, 15) is 4.79 Å². The van der Waals surface area contributed by atoms with Gasteiger partial charge in [0, 0.05) is 6.54 Å². The van der Waals surface area contributed by atoms with Gasteiger partial charge in [-0.05, 0) is 6.42 Å². The van der Waals surface area contributed by atoms with E-state index < -0.39 is 0 Å². The molecule has 0 bridgehead atoms. The van der Waals surface area contributed by atoms with Crippen LogP contribution in [0.5, 0.6) is 0 Å². The first kappa shape index (κ1) is 7.28. The molecule has 0 N–H and O–H groups in total. The van der Waals surface area contributed by atoms with Crippen LogP contribution in [0.25, 0.3) is 0 Å². The number of hydrogen-bond acceptors (Lipinski definition) is 2. The second-order valence-electron chi connectivity index (χ2n) is 2.21. The highest BCUT2D eigenvalue weighted by atomic mass is 16.5. The van der Waals surface area contributed by atoms with Crippen molar-refractivity contribution in [2.45, 2.75) is 6.42 Å². The second kappa shape index (κ2) is 3.37. The number of carbonyl (C=O) groups excluding carboxylic acids is 1. The minimum atomic E-state index is 0.0850. The normalized spacial score (nSPS) is 18.0. The molecule has 3 nitrogen and oxygen atoms in total. The van der Waals surface area contributed by atoms with Gasteiger partial charge in [-0.2, -0.15) is 0 Å². The quantitative estimate of drug-likeness (QED) is 0.532. The Kier molecular flexibility index (Phi) is 2.45. The molecule has 3 heteroatoms. The van der Waals surface area contributed by atoms with Gasteiger partial charge in [-0.3, -0.25) is 4.79 Å². The number of hydrogen-bond donors (Lipinski definition) is 0. The number of ether oxygens (including phenoxy) is 1.